The molecule has 0 amide bonds. The Bertz CT molecular complexity index is 507. The molecular formula is C15H19ClN2O. The molecule has 3 nitrogen and oxygen atoms in total. The van der Waals surface area contributed by atoms with Crippen molar-refractivity contribution in [3.8, 4) is 0 Å². The summed E-state index contributed by atoms with van der Waals surface area (Å²) in [5.41, 5.74) is 1.09. The van der Waals surface area contributed by atoms with Crippen molar-refractivity contribution in [3.63, 3.8) is 0 Å². The largest absolute Gasteiger partial charge is 0.392 e. The van der Waals surface area contributed by atoms with Crippen LogP contribution in [0.1, 0.15) is 24.7 Å². The van der Waals surface area contributed by atoms with Gasteiger partial charge in [0.2, 0.25) is 0 Å². The molecule has 1 aromatic heterocycles. The van der Waals surface area contributed by atoms with E-state index in [0.717, 1.165) is 29.4 Å². The molecule has 1 aromatic carbocycles. The summed E-state index contributed by atoms with van der Waals surface area (Å²) in [5, 5.41) is 10.9. The molecule has 0 spiro atoms. The second-order valence-corrected chi connectivity index (χ2v) is 5.16. The molecule has 102 valence electrons. The van der Waals surface area contributed by atoms with Gasteiger partial charge in [0.05, 0.1) is 6.10 Å². The highest BCUT2D eigenvalue weighted by molar-refractivity contribution is 6.30. The third kappa shape index (κ3) is 4.08. The molecule has 4 heteroatoms. The quantitative estimate of drug-likeness (QED) is 0.882. The van der Waals surface area contributed by atoms with Crippen LogP contribution in [0.4, 0.5) is 0 Å². The van der Waals surface area contributed by atoms with E-state index in [1.807, 2.05) is 30.5 Å². The fraction of sp³-hybridized carbons (Fsp3) is 0.400. The van der Waals surface area contributed by atoms with Gasteiger partial charge in [-0.15, -0.1) is 0 Å². The molecule has 2 rings (SSSR count). The minimum Gasteiger partial charge on any atom is -0.392 e. The van der Waals surface area contributed by atoms with Crippen LogP contribution in [-0.4, -0.2) is 20.8 Å². The summed E-state index contributed by atoms with van der Waals surface area (Å²) in [7, 11) is 0. The van der Waals surface area contributed by atoms with E-state index in [0.29, 0.717) is 12.8 Å². The van der Waals surface area contributed by atoms with Gasteiger partial charge < -0.3 is 9.67 Å². The molecule has 0 bridgehead atoms. The van der Waals surface area contributed by atoms with Gasteiger partial charge in [-0.1, -0.05) is 30.7 Å². The van der Waals surface area contributed by atoms with Gasteiger partial charge >= 0.3 is 0 Å². The van der Waals surface area contributed by atoms with Gasteiger partial charge in [0.15, 0.2) is 0 Å². The number of rotatable bonds is 6. The van der Waals surface area contributed by atoms with E-state index < -0.39 is 6.10 Å². The molecule has 0 saturated heterocycles. The van der Waals surface area contributed by atoms with E-state index >= 15 is 0 Å². The second kappa shape index (κ2) is 6.73. The fourth-order valence-electron chi connectivity index (χ4n) is 2.15. The zero-order valence-electron chi connectivity index (χ0n) is 11.1. The predicted octanol–water partition coefficient (Wildman–Crippen LogP) is 3.09. The van der Waals surface area contributed by atoms with Crippen LogP contribution in [0.25, 0.3) is 0 Å². The van der Waals surface area contributed by atoms with Crippen molar-refractivity contribution in [1.82, 2.24) is 9.55 Å². The van der Waals surface area contributed by atoms with Crippen molar-refractivity contribution in [2.45, 2.75) is 38.8 Å². The lowest BCUT2D eigenvalue weighted by Crippen LogP contribution is -2.17. The first-order valence-electron chi connectivity index (χ1n) is 6.61. The van der Waals surface area contributed by atoms with E-state index in [1.54, 1.807) is 6.20 Å². The van der Waals surface area contributed by atoms with Crippen molar-refractivity contribution < 1.29 is 5.11 Å². The number of hydrogen-bond acceptors (Lipinski definition) is 2. The van der Waals surface area contributed by atoms with Crippen LogP contribution in [0.5, 0.6) is 0 Å². The van der Waals surface area contributed by atoms with E-state index in [4.69, 9.17) is 11.6 Å². The van der Waals surface area contributed by atoms with Gasteiger partial charge in [-0.25, -0.2) is 4.98 Å². The molecule has 1 atom stereocenters. The Labute approximate surface area is 118 Å². The fourth-order valence-corrected chi connectivity index (χ4v) is 2.28. The first-order chi connectivity index (χ1) is 9.19. The summed E-state index contributed by atoms with van der Waals surface area (Å²) < 4.78 is 2.10. The Hall–Kier alpha value is -1.32. The van der Waals surface area contributed by atoms with Crippen LogP contribution in [0.2, 0.25) is 5.02 Å². The maximum absolute atomic E-state index is 10.2. The van der Waals surface area contributed by atoms with Crippen molar-refractivity contribution in [2.24, 2.45) is 0 Å². The summed E-state index contributed by atoms with van der Waals surface area (Å²) in [6.07, 6.45) is 5.61. The molecule has 0 fully saturated rings. The van der Waals surface area contributed by atoms with Gasteiger partial charge in [0.1, 0.15) is 5.82 Å². The Morgan fingerprint density at radius 2 is 2.00 bits per heavy atom. The van der Waals surface area contributed by atoms with Gasteiger partial charge in [-0.05, 0) is 30.5 Å². The topological polar surface area (TPSA) is 38.0 Å². The normalized spacial score (nSPS) is 12.6. The van der Waals surface area contributed by atoms with Crippen molar-refractivity contribution >= 4 is 11.6 Å². The molecule has 19 heavy (non-hydrogen) atoms. The average Bonchev–Trinajstić information content (AvgIpc) is 2.80. The Kier molecular flexibility index (Phi) is 5.00. The molecule has 2 aromatic rings. The highest BCUT2D eigenvalue weighted by Gasteiger charge is 2.11. The highest BCUT2D eigenvalue weighted by atomic mass is 35.5. The van der Waals surface area contributed by atoms with Crippen LogP contribution in [0.3, 0.4) is 0 Å². The number of imidazole rings is 1. The number of aryl methyl sites for hydroxylation is 1. The van der Waals surface area contributed by atoms with E-state index in [2.05, 4.69) is 16.5 Å². The van der Waals surface area contributed by atoms with E-state index in [1.165, 1.54) is 0 Å². The smallest absolute Gasteiger partial charge is 0.111 e. The van der Waals surface area contributed by atoms with E-state index in [9.17, 15) is 5.11 Å². The minimum atomic E-state index is -0.417. The molecule has 0 saturated carbocycles. The Morgan fingerprint density at radius 3 is 2.68 bits per heavy atom. The first kappa shape index (κ1) is 14.1. The lowest BCUT2D eigenvalue weighted by Gasteiger charge is -2.12. The summed E-state index contributed by atoms with van der Waals surface area (Å²) >= 11 is 5.84. The van der Waals surface area contributed by atoms with Crippen molar-refractivity contribution in [3.05, 3.63) is 53.1 Å². The number of aromatic nitrogens is 2. The SMILES string of the molecule is CCCn1ccnc1CC(O)Cc1ccc(Cl)cc1. The number of benzene rings is 1. The monoisotopic (exact) mass is 278 g/mol. The number of aliphatic hydroxyl groups excluding tert-OH is 1. The Morgan fingerprint density at radius 1 is 1.26 bits per heavy atom. The second-order valence-electron chi connectivity index (χ2n) is 4.73. The summed E-state index contributed by atoms with van der Waals surface area (Å²) in [6, 6.07) is 7.59. The predicted molar refractivity (Wildman–Crippen MR) is 77.4 cm³/mol. The molecule has 1 heterocycles. The molecule has 0 aliphatic heterocycles. The third-order valence-corrected chi connectivity index (χ3v) is 3.32. The average molecular weight is 279 g/mol. The van der Waals surface area contributed by atoms with Crippen LogP contribution >= 0.6 is 11.6 Å². The molecule has 0 aliphatic rings. The minimum absolute atomic E-state index is 0.417. The van der Waals surface area contributed by atoms with Crippen LogP contribution in [-0.2, 0) is 19.4 Å². The van der Waals surface area contributed by atoms with Gasteiger partial charge in [-0.3, -0.25) is 0 Å². The third-order valence-electron chi connectivity index (χ3n) is 3.07. The van der Waals surface area contributed by atoms with Gasteiger partial charge in [-0.2, -0.15) is 0 Å². The van der Waals surface area contributed by atoms with Crippen LogP contribution in [0, 0.1) is 0 Å². The zero-order chi connectivity index (χ0) is 13.7. The number of halogens is 1. The molecule has 0 aliphatic carbocycles. The molecule has 0 radical (unpaired) electrons. The summed E-state index contributed by atoms with van der Waals surface area (Å²) in [4.78, 5) is 4.31. The standard InChI is InChI=1S/C15H19ClN2O/c1-2-8-18-9-7-17-15(18)11-14(19)10-12-3-5-13(16)6-4-12/h3-7,9,14,19H,2,8,10-11H2,1H3. The number of hydrogen-bond donors (Lipinski definition) is 1. The first-order valence-corrected chi connectivity index (χ1v) is 6.99. The maximum Gasteiger partial charge on any atom is 0.111 e. The summed E-state index contributed by atoms with van der Waals surface area (Å²) in [5.74, 6) is 0.948. The highest BCUT2D eigenvalue weighted by Crippen LogP contribution is 2.13. The van der Waals surface area contributed by atoms with E-state index in [-0.39, 0.29) is 0 Å². The number of aliphatic hydroxyl groups is 1. The summed E-state index contributed by atoms with van der Waals surface area (Å²) in [6.45, 7) is 3.08. The van der Waals surface area contributed by atoms with Gasteiger partial charge in [0.25, 0.3) is 0 Å². The molecule has 1 unspecified atom stereocenters. The lowest BCUT2D eigenvalue weighted by molar-refractivity contribution is 0.171. The van der Waals surface area contributed by atoms with Crippen molar-refractivity contribution in [2.75, 3.05) is 0 Å². The molecule has 1 N–H and O–H groups in total. The number of nitrogens with zero attached hydrogens (tertiary/aromatic N) is 2. The van der Waals surface area contributed by atoms with Crippen molar-refractivity contribution in [1.29, 1.82) is 0 Å². The van der Waals surface area contributed by atoms with Crippen LogP contribution < -0.4 is 0 Å². The zero-order valence-corrected chi connectivity index (χ0v) is 11.8. The maximum atomic E-state index is 10.2. The lowest BCUT2D eigenvalue weighted by atomic mass is 10.1. The molecular weight excluding hydrogens is 260 g/mol. The van der Waals surface area contributed by atoms with Gasteiger partial charge in [0, 0.05) is 30.4 Å². The Balaban J connectivity index is 1.95. The van der Waals surface area contributed by atoms with Crippen LogP contribution in [0.15, 0.2) is 36.7 Å².